The molecule has 3 rings (SSSR count). The molecule has 4 heteroatoms. The summed E-state index contributed by atoms with van der Waals surface area (Å²) in [5.74, 6) is -0.133. The van der Waals surface area contributed by atoms with Gasteiger partial charge in [-0.2, -0.15) is 0 Å². The smallest absolute Gasteiger partial charge is 0.246 e. The van der Waals surface area contributed by atoms with Crippen LogP contribution in [0.3, 0.4) is 0 Å². The van der Waals surface area contributed by atoms with Gasteiger partial charge in [0.05, 0.1) is 6.61 Å². The van der Waals surface area contributed by atoms with Crippen molar-refractivity contribution in [3.05, 3.63) is 84.2 Å². The number of pyridine rings is 1. The van der Waals surface area contributed by atoms with Gasteiger partial charge in [0.15, 0.2) is 0 Å². The minimum absolute atomic E-state index is 0.0672. The summed E-state index contributed by atoms with van der Waals surface area (Å²) in [5, 5.41) is 11.4. The number of carbonyl (C=O) groups excluding carboxylic acids is 1. The average Bonchev–Trinajstić information content (AvgIpc) is 2.66. The van der Waals surface area contributed by atoms with Crippen LogP contribution in [0, 0.1) is 0 Å². The summed E-state index contributed by atoms with van der Waals surface area (Å²) in [4.78, 5) is 18.4. The third kappa shape index (κ3) is 4.31. The third-order valence-corrected chi connectivity index (χ3v) is 4.00. The Kier molecular flexibility index (Phi) is 5.54. The van der Waals surface area contributed by atoms with Gasteiger partial charge in [-0.15, -0.1) is 0 Å². The molecule has 25 heavy (non-hydrogen) atoms. The first-order chi connectivity index (χ1) is 12.3. The number of nitrogens with zero attached hydrogens (tertiary/aromatic N) is 2. The molecule has 1 heterocycles. The number of hydrogen-bond donors (Lipinski definition) is 1. The number of carbonyl (C=O) groups is 1. The Hall–Kier alpha value is -2.98. The Morgan fingerprint density at radius 3 is 2.60 bits per heavy atom. The van der Waals surface area contributed by atoms with Crippen LogP contribution in [0.1, 0.15) is 11.1 Å². The van der Waals surface area contributed by atoms with E-state index in [0.29, 0.717) is 13.1 Å². The lowest BCUT2D eigenvalue weighted by molar-refractivity contribution is -0.127. The van der Waals surface area contributed by atoms with Gasteiger partial charge in [0.1, 0.15) is 0 Å². The monoisotopic (exact) mass is 332 g/mol. The summed E-state index contributed by atoms with van der Waals surface area (Å²) in [6.07, 6.45) is 6.89. The zero-order valence-corrected chi connectivity index (χ0v) is 13.9. The molecule has 0 saturated carbocycles. The summed E-state index contributed by atoms with van der Waals surface area (Å²) in [7, 11) is 0. The van der Waals surface area contributed by atoms with Crippen molar-refractivity contribution in [3.63, 3.8) is 0 Å². The average molecular weight is 332 g/mol. The van der Waals surface area contributed by atoms with Gasteiger partial charge in [-0.05, 0) is 17.0 Å². The van der Waals surface area contributed by atoms with Gasteiger partial charge in [0.25, 0.3) is 0 Å². The quantitative estimate of drug-likeness (QED) is 0.705. The number of benzene rings is 2. The van der Waals surface area contributed by atoms with E-state index in [1.54, 1.807) is 23.2 Å². The molecule has 0 fully saturated rings. The SMILES string of the molecule is O=C(/C=C/c1cncc2ccccc12)N(CCO)Cc1ccccc1. The van der Waals surface area contributed by atoms with Crippen molar-refractivity contribution in [1.29, 1.82) is 0 Å². The van der Waals surface area contributed by atoms with E-state index in [1.165, 1.54) is 0 Å². The molecule has 0 aliphatic heterocycles. The zero-order chi connectivity index (χ0) is 17.5. The van der Waals surface area contributed by atoms with Gasteiger partial charge in [-0.3, -0.25) is 9.78 Å². The maximum Gasteiger partial charge on any atom is 0.246 e. The summed E-state index contributed by atoms with van der Waals surface area (Å²) >= 11 is 0. The molecule has 0 bridgehead atoms. The first-order valence-corrected chi connectivity index (χ1v) is 8.22. The molecule has 0 aliphatic carbocycles. The predicted octanol–water partition coefficient (Wildman–Crippen LogP) is 3.27. The molecule has 0 atom stereocenters. The molecule has 0 radical (unpaired) electrons. The summed E-state index contributed by atoms with van der Waals surface area (Å²) < 4.78 is 0. The molecule has 1 N–H and O–H groups in total. The maximum atomic E-state index is 12.6. The van der Waals surface area contributed by atoms with E-state index >= 15 is 0 Å². The molecular weight excluding hydrogens is 312 g/mol. The number of aromatic nitrogens is 1. The highest BCUT2D eigenvalue weighted by molar-refractivity contribution is 5.96. The van der Waals surface area contributed by atoms with Crippen molar-refractivity contribution >= 4 is 22.8 Å². The number of hydrogen-bond acceptors (Lipinski definition) is 3. The van der Waals surface area contributed by atoms with Gasteiger partial charge >= 0.3 is 0 Å². The van der Waals surface area contributed by atoms with Crippen LogP contribution in [-0.2, 0) is 11.3 Å². The van der Waals surface area contributed by atoms with Crippen LogP contribution in [0.2, 0.25) is 0 Å². The van der Waals surface area contributed by atoms with Crippen LogP contribution < -0.4 is 0 Å². The molecule has 126 valence electrons. The van der Waals surface area contributed by atoms with Crippen molar-refractivity contribution in [3.8, 4) is 0 Å². The fraction of sp³-hybridized carbons (Fsp3) is 0.143. The number of aliphatic hydroxyl groups is 1. The number of rotatable bonds is 6. The second kappa shape index (κ2) is 8.22. The van der Waals surface area contributed by atoms with E-state index in [1.807, 2.05) is 60.8 Å². The standard InChI is InChI=1S/C21H20N2O2/c24-13-12-23(16-17-6-2-1-3-7-17)21(25)11-10-19-15-22-14-18-8-4-5-9-20(18)19/h1-11,14-15,24H,12-13,16H2/b11-10+. The molecule has 3 aromatic rings. The Morgan fingerprint density at radius 1 is 1.04 bits per heavy atom. The zero-order valence-electron chi connectivity index (χ0n) is 13.9. The number of aliphatic hydroxyl groups excluding tert-OH is 1. The highest BCUT2D eigenvalue weighted by Gasteiger charge is 2.10. The largest absolute Gasteiger partial charge is 0.395 e. The summed E-state index contributed by atoms with van der Waals surface area (Å²) in [6.45, 7) is 0.701. The minimum atomic E-state index is -0.133. The highest BCUT2D eigenvalue weighted by atomic mass is 16.3. The Bertz CT molecular complexity index is 870. The van der Waals surface area contributed by atoms with Crippen LogP contribution >= 0.6 is 0 Å². The van der Waals surface area contributed by atoms with Crippen LogP contribution in [-0.4, -0.2) is 34.0 Å². The van der Waals surface area contributed by atoms with Crippen molar-refractivity contribution in [2.45, 2.75) is 6.54 Å². The van der Waals surface area contributed by atoms with Gasteiger partial charge in [-0.25, -0.2) is 0 Å². The predicted molar refractivity (Wildman–Crippen MR) is 99.7 cm³/mol. The van der Waals surface area contributed by atoms with Crippen LogP contribution in [0.5, 0.6) is 0 Å². The fourth-order valence-corrected chi connectivity index (χ4v) is 2.73. The van der Waals surface area contributed by atoms with E-state index in [2.05, 4.69) is 4.98 Å². The number of fused-ring (bicyclic) bond motifs is 1. The second-order valence-corrected chi connectivity index (χ2v) is 5.75. The lowest BCUT2D eigenvalue weighted by atomic mass is 10.1. The van der Waals surface area contributed by atoms with Crippen LogP contribution in [0.15, 0.2) is 73.1 Å². The minimum Gasteiger partial charge on any atom is -0.395 e. The van der Waals surface area contributed by atoms with E-state index in [4.69, 9.17) is 0 Å². The highest BCUT2D eigenvalue weighted by Crippen LogP contribution is 2.18. The van der Waals surface area contributed by atoms with E-state index in [9.17, 15) is 9.90 Å². The second-order valence-electron chi connectivity index (χ2n) is 5.75. The van der Waals surface area contributed by atoms with E-state index < -0.39 is 0 Å². The van der Waals surface area contributed by atoms with Gasteiger partial charge in [0.2, 0.25) is 5.91 Å². The Labute approximate surface area is 147 Å². The van der Waals surface area contributed by atoms with Crippen molar-refractivity contribution in [1.82, 2.24) is 9.88 Å². The van der Waals surface area contributed by atoms with E-state index in [-0.39, 0.29) is 12.5 Å². The molecule has 1 amide bonds. The summed E-state index contributed by atoms with van der Waals surface area (Å²) in [5.41, 5.74) is 1.93. The molecule has 2 aromatic carbocycles. The molecule has 0 saturated heterocycles. The van der Waals surface area contributed by atoms with E-state index in [0.717, 1.165) is 21.9 Å². The third-order valence-electron chi connectivity index (χ3n) is 4.00. The Morgan fingerprint density at radius 2 is 1.80 bits per heavy atom. The lowest BCUT2D eigenvalue weighted by Gasteiger charge is -2.20. The van der Waals surface area contributed by atoms with Crippen LogP contribution in [0.25, 0.3) is 16.8 Å². The van der Waals surface area contributed by atoms with Gasteiger partial charge < -0.3 is 10.0 Å². The Balaban J connectivity index is 1.79. The topological polar surface area (TPSA) is 53.4 Å². The fourth-order valence-electron chi connectivity index (χ4n) is 2.73. The molecular formula is C21H20N2O2. The van der Waals surface area contributed by atoms with Crippen molar-refractivity contribution < 1.29 is 9.90 Å². The molecule has 4 nitrogen and oxygen atoms in total. The molecule has 1 aromatic heterocycles. The first kappa shape index (κ1) is 16.9. The molecule has 0 spiro atoms. The van der Waals surface area contributed by atoms with Gasteiger partial charge in [0, 0.05) is 42.5 Å². The lowest BCUT2D eigenvalue weighted by Crippen LogP contribution is -2.31. The molecule has 0 unspecified atom stereocenters. The van der Waals surface area contributed by atoms with Gasteiger partial charge in [-0.1, -0.05) is 54.6 Å². The molecule has 0 aliphatic rings. The number of amides is 1. The van der Waals surface area contributed by atoms with Crippen molar-refractivity contribution in [2.24, 2.45) is 0 Å². The maximum absolute atomic E-state index is 12.6. The van der Waals surface area contributed by atoms with Crippen LogP contribution in [0.4, 0.5) is 0 Å². The van der Waals surface area contributed by atoms with Crippen molar-refractivity contribution in [2.75, 3.05) is 13.2 Å². The normalized spacial score (nSPS) is 11.1. The first-order valence-electron chi connectivity index (χ1n) is 8.22. The summed E-state index contributed by atoms with van der Waals surface area (Å²) in [6, 6.07) is 17.7.